The molecular formula is C29H59IO12. The molecule has 0 aromatic rings. The average molecular weight is 727 g/mol. The third-order valence-electron chi connectivity index (χ3n) is 5.32. The molecule has 0 aromatic heterocycles. The summed E-state index contributed by atoms with van der Waals surface area (Å²) in [6.07, 6.45) is 4.98. The quantitative estimate of drug-likeness (QED) is 0.0528. The molecule has 0 atom stereocenters. The lowest BCUT2D eigenvalue weighted by atomic mass is 10.2. The maximum atomic E-state index is 5.55. The van der Waals surface area contributed by atoms with Gasteiger partial charge in [0.15, 0.2) is 0 Å². The van der Waals surface area contributed by atoms with Gasteiger partial charge in [-0.05, 0) is 17.3 Å². The molecule has 0 aliphatic carbocycles. The SMILES string of the molecule is COCCOCCOCCOCCOCCOCCOCCOCCOCCOCCOCCOCCCCCCI. The molecular weight excluding hydrogens is 667 g/mol. The van der Waals surface area contributed by atoms with Crippen LogP contribution in [0.1, 0.15) is 25.7 Å². The van der Waals surface area contributed by atoms with Crippen LogP contribution in [0, 0.1) is 0 Å². The number of hydrogen-bond donors (Lipinski definition) is 0. The van der Waals surface area contributed by atoms with Crippen LogP contribution in [-0.4, -0.2) is 163 Å². The van der Waals surface area contributed by atoms with E-state index in [0.29, 0.717) is 145 Å². The molecule has 0 amide bonds. The Bertz CT molecular complexity index is 428. The van der Waals surface area contributed by atoms with Crippen molar-refractivity contribution < 1.29 is 56.8 Å². The van der Waals surface area contributed by atoms with E-state index in [-0.39, 0.29) is 0 Å². The van der Waals surface area contributed by atoms with Crippen LogP contribution in [-0.2, 0) is 56.8 Å². The zero-order chi connectivity index (χ0) is 30.3. The fraction of sp³-hybridized carbons (Fsp3) is 1.00. The van der Waals surface area contributed by atoms with Gasteiger partial charge in [0.2, 0.25) is 0 Å². The van der Waals surface area contributed by atoms with E-state index >= 15 is 0 Å². The lowest BCUT2D eigenvalue weighted by Gasteiger charge is -2.09. The second kappa shape index (κ2) is 41.2. The van der Waals surface area contributed by atoms with Gasteiger partial charge in [-0.3, -0.25) is 0 Å². The molecule has 0 bridgehead atoms. The van der Waals surface area contributed by atoms with Crippen molar-refractivity contribution >= 4 is 22.6 Å². The highest BCUT2D eigenvalue weighted by molar-refractivity contribution is 14.1. The smallest absolute Gasteiger partial charge is 0.0701 e. The lowest BCUT2D eigenvalue weighted by Crippen LogP contribution is -2.15. The summed E-state index contributed by atoms with van der Waals surface area (Å²) in [5, 5.41) is 0. The van der Waals surface area contributed by atoms with Crippen LogP contribution in [0.3, 0.4) is 0 Å². The van der Waals surface area contributed by atoms with Gasteiger partial charge >= 0.3 is 0 Å². The molecule has 0 saturated carbocycles. The monoisotopic (exact) mass is 726 g/mol. The molecule has 0 fully saturated rings. The van der Waals surface area contributed by atoms with Crippen LogP contribution in [0.2, 0.25) is 0 Å². The second-order valence-corrected chi connectivity index (χ2v) is 9.91. The maximum Gasteiger partial charge on any atom is 0.0701 e. The third-order valence-corrected chi connectivity index (χ3v) is 6.09. The summed E-state index contributed by atoms with van der Waals surface area (Å²) in [7, 11) is 1.65. The van der Waals surface area contributed by atoms with Gasteiger partial charge in [-0.1, -0.05) is 35.4 Å². The van der Waals surface area contributed by atoms with Crippen LogP contribution < -0.4 is 0 Å². The number of alkyl halides is 1. The maximum absolute atomic E-state index is 5.55. The van der Waals surface area contributed by atoms with Crippen LogP contribution >= 0.6 is 22.6 Å². The van der Waals surface area contributed by atoms with Crippen molar-refractivity contribution in [3.63, 3.8) is 0 Å². The molecule has 254 valence electrons. The molecule has 0 saturated heterocycles. The Labute approximate surface area is 268 Å². The minimum absolute atomic E-state index is 0.521. The van der Waals surface area contributed by atoms with Crippen molar-refractivity contribution in [1.82, 2.24) is 0 Å². The number of methoxy groups -OCH3 is 1. The molecule has 0 N–H and O–H groups in total. The Kier molecular flexibility index (Phi) is 41.5. The fourth-order valence-electron chi connectivity index (χ4n) is 3.10. The Hall–Kier alpha value is 0.250. The van der Waals surface area contributed by atoms with Gasteiger partial charge in [0.1, 0.15) is 0 Å². The van der Waals surface area contributed by atoms with Crippen molar-refractivity contribution in [3.8, 4) is 0 Å². The summed E-state index contributed by atoms with van der Waals surface area (Å²) in [4.78, 5) is 0. The third kappa shape index (κ3) is 40.2. The summed E-state index contributed by atoms with van der Waals surface area (Å²) >= 11 is 2.42. The average Bonchev–Trinajstić information content (AvgIpc) is 3.00. The van der Waals surface area contributed by atoms with Gasteiger partial charge in [-0.25, -0.2) is 0 Å². The zero-order valence-electron chi connectivity index (χ0n) is 26.1. The first-order chi connectivity index (χ1) is 20.9. The Morgan fingerprint density at radius 1 is 0.262 bits per heavy atom. The first-order valence-corrected chi connectivity index (χ1v) is 16.8. The summed E-state index contributed by atoms with van der Waals surface area (Å²) < 4.78 is 66.2. The summed E-state index contributed by atoms with van der Waals surface area (Å²) in [6, 6.07) is 0. The first-order valence-electron chi connectivity index (χ1n) is 15.3. The molecule has 0 spiro atoms. The number of hydrogen-bond acceptors (Lipinski definition) is 12. The minimum Gasteiger partial charge on any atom is -0.382 e. The molecule has 0 unspecified atom stereocenters. The van der Waals surface area contributed by atoms with Gasteiger partial charge in [0, 0.05) is 13.7 Å². The van der Waals surface area contributed by atoms with E-state index < -0.39 is 0 Å². The number of ether oxygens (including phenoxy) is 12. The standard InChI is InChI=1S/C29H59IO12/c1-31-8-9-33-12-13-35-16-17-37-20-21-39-24-25-41-28-29-42-27-26-40-23-22-38-19-18-36-15-14-34-11-10-32-7-5-3-2-4-6-30/h2-29H2,1H3. The molecule has 13 heteroatoms. The number of halogens is 1. The molecule has 0 rings (SSSR count). The highest BCUT2D eigenvalue weighted by Crippen LogP contribution is 2.02. The summed E-state index contributed by atoms with van der Waals surface area (Å²) in [6.45, 7) is 12.9. The van der Waals surface area contributed by atoms with Crippen molar-refractivity contribution in [2.45, 2.75) is 25.7 Å². The van der Waals surface area contributed by atoms with Crippen LogP contribution in [0.15, 0.2) is 0 Å². The fourth-order valence-corrected chi connectivity index (χ4v) is 3.63. The van der Waals surface area contributed by atoms with Crippen molar-refractivity contribution in [2.24, 2.45) is 0 Å². The van der Waals surface area contributed by atoms with E-state index in [9.17, 15) is 0 Å². The number of rotatable bonds is 39. The van der Waals surface area contributed by atoms with E-state index in [1.807, 2.05) is 0 Å². The van der Waals surface area contributed by atoms with Gasteiger partial charge in [0.05, 0.1) is 145 Å². The van der Waals surface area contributed by atoms with Gasteiger partial charge in [0.25, 0.3) is 0 Å². The molecule has 12 nitrogen and oxygen atoms in total. The Balaban J connectivity index is 3.02. The highest BCUT2D eigenvalue weighted by Gasteiger charge is 1.96. The van der Waals surface area contributed by atoms with Crippen molar-refractivity contribution in [3.05, 3.63) is 0 Å². The predicted molar refractivity (Wildman–Crippen MR) is 168 cm³/mol. The first kappa shape index (κ1) is 42.2. The van der Waals surface area contributed by atoms with Crippen molar-refractivity contribution in [2.75, 3.05) is 163 Å². The van der Waals surface area contributed by atoms with E-state index in [1.54, 1.807) is 7.11 Å². The normalized spacial score (nSPS) is 11.6. The molecule has 0 aliphatic rings. The molecule has 0 aromatic carbocycles. The largest absolute Gasteiger partial charge is 0.382 e. The lowest BCUT2D eigenvalue weighted by molar-refractivity contribution is -0.0280. The van der Waals surface area contributed by atoms with Gasteiger partial charge in [-0.2, -0.15) is 0 Å². The van der Waals surface area contributed by atoms with E-state index in [2.05, 4.69) is 22.6 Å². The summed E-state index contributed by atoms with van der Waals surface area (Å²) in [5.74, 6) is 0. The highest BCUT2D eigenvalue weighted by atomic mass is 127. The number of unbranched alkanes of at least 4 members (excludes halogenated alkanes) is 3. The van der Waals surface area contributed by atoms with E-state index in [1.165, 1.54) is 23.7 Å². The van der Waals surface area contributed by atoms with Gasteiger partial charge in [-0.15, -0.1) is 0 Å². The van der Waals surface area contributed by atoms with E-state index in [0.717, 1.165) is 13.0 Å². The van der Waals surface area contributed by atoms with Crippen LogP contribution in [0.4, 0.5) is 0 Å². The van der Waals surface area contributed by atoms with Crippen LogP contribution in [0.25, 0.3) is 0 Å². The topological polar surface area (TPSA) is 111 Å². The Morgan fingerprint density at radius 2 is 0.476 bits per heavy atom. The molecule has 0 heterocycles. The molecule has 0 radical (unpaired) electrons. The summed E-state index contributed by atoms with van der Waals surface area (Å²) in [5.41, 5.74) is 0. The minimum atomic E-state index is 0.521. The van der Waals surface area contributed by atoms with Crippen LogP contribution in [0.5, 0.6) is 0 Å². The van der Waals surface area contributed by atoms with E-state index in [4.69, 9.17) is 56.8 Å². The van der Waals surface area contributed by atoms with Gasteiger partial charge < -0.3 is 56.8 Å². The zero-order valence-corrected chi connectivity index (χ0v) is 28.2. The molecule has 42 heavy (non-hydrogen) atoms. The molecule has 0 aliphatic heterocycles. The van der Waals surface area contributed by atoms with Crippen molar-refractivity contribution in [1.29, 1.82) is 0 Å². The predicted octanol–water partition coefficient (Wildman–Crippen LogP) is 2.81. The Morgan fingerprint density at radius 3 is 0.714 bits per heavy atom. The second-order valence-electron chi connectivity index (χ2n) is 8.83.